The van der Waals surface area contributed by atoms with Gasteiger partial charge < -0.3 is 19.5 Å². The molecule has 1 saturated heterocycles. The molecule has 1 amide bonds. The number of ether oxygens (including phenoxy) is 3. The number of alkyl halides is 1. The van der Waals surface area contributed by atoms with Crippen molar-refractivity contribution in [2.75, 3.05) is 19.5 Å². The SMILES string of the molecule is COc1ccc(NC(=O)C2C3CC4C(OC(=O)C42)C3Br)c(OC)c1. The fourth-order valence-corrected chi connectivity index (χ4v) is 5.49. The number of esters is 1. The summed E-state index contributed by atoms with van der Waals surface area (Å²) in [5.74, 6) is 0.367. The van der Waals surface area contributed by atoms with Crippen LogP contribution in [0, 0.1) is 23.7 Å². The maximum Gasteiger partial charge on any atom is 0.310 e. The molecule has 1 heterocycles. The number of hydrogen-bond donors (Lipinski definition) is 1. The molecule has 3 fully saturated rings. The van der Waals surface area contributed by atoms with Gasteiger partial charge in [0.2, 0.25) is 5.91 Å². The molecule has 6 nitrogen and oxygen atoms in total. The van der Waals surface area contributed by atoms with E-state index >= 15 is 0 Å². The van der Waals surface area contributed by atoms with Crippen LogP contribution in [0.5, 0.6) is 11.5 Å². The number of carbonyl (C=O) groups excluding carboxylic acids is 2. The maximum atomic E-state index is 12.9. The second-order valence-electron chi connectivity index (χ2n) is 6.52. The van der Waals surface area contributed by atoms with Gasteiger partial charge in [0.15, 0.2) is 0 Å². The van der Waals surface area contributed by atoms with Crippen LogP contribution >= 0.6 is 15.9 Å². The summed E-state index contributed by atoms with van der Waals surface area (Å²) in [6.45, 7) is 0. The van der Waals surface area contributed by atoms with Gasteiger partial charge in [-0.25, -0.2) is 0 Å². The molecule has 0 radical (unpaired) electrons. The highest BCUT2D eigenvalue weighted by Crippen LogP contribution is 2.60. The van der Waals surface area contributed by atoms with E-state index < -0.39 is 0 Å². The summed E-state index contributed by atoms with van der Waals surface area (Å²) in [7, 11) is 3.11. The van der Waals surface area contributed by atoms with Gasteiger partial charge in [0, 0.05) is 12.0 Å². The van der Waals surface area contributed by atoms with Crippen molar-refractivity contribution in [3.8, 4) is 11.5 Å². The molecule has 6 atom stereocenters. The zero-order chi connectivity index (χ0) is 17.0. The molecule has 1 N–H and O–H groups in total. The number of methoxy groups -OCH3 is 2. The summed E-state index contributed by atoms with van der Waals surface area (Å²) in [5, 5.41) is 2.92. The highest BCUT2D eigenvalue weighted by Gasteiger charge is 2.67. The Morgan fingerprint density at radius 2 is 2.08 bits per heavy atom. The van der Waals surface area contributed by atoms with Crippen molar-refractivity contribution in [1.82, 2.24) is 0 Å². The van der Waals surface area contributed by atoms with E-state index in [1.165, 1.54) is 7.11 Å². The highest BCUT2D eigenvalue weighted by molar-refractivity contribution is 9.09. The molecular formula is C17H18BrNO5. The second kappa shape index (κ2) is 5.65. The molecular weight excluding hydrogens is 378 g/mol. The third-order valence-corrected chi connectivity index (χ3v) is 6.69. The molecule has 7 heteroatoms. The van der Waals surface area contributed by atoms with Gasteiger partial charge in [-0.15, -0.1) is 0 Å². The number of hydrogen-bond acceptors (Lipinski definition) is 5. The fourth-order valence-electron chi connectivity index (χ4n) is 4.45. The van der Waals surface area contributed by atoms with Gasteiger partial charge in [-0.1, -0.05) is 15.9 Å². The van der Waals surface area contributed by atoms with Crippen molar-refractivity contribution < 1.29 is 23.8 Å². The number of nitrogens with one attached hydrogen (secondary N) is 1. The Labute approximate surface area is 148 Å². The lowest BCUT2D eigenvalue weighted by molar-refractivity contribution is -0.145. The van der Waals surface area contributed by atoms with Gasteiger partial charge in [-0.05, 0) is 24.5 Å². The van der Waals surface area contributed by atoms with Gasteiger partial charge >= 0.3 is 5.97 Å². The Hall–Kier alpha value is -1.76. The van der Waals surface area contributed by atoms with Gasteiger partial charge in [0.05, 0.1) is 36.6 Å². The lowest BCUT2D eigenvalue weighted by Gasteiger charge is -2.27. The zero-order valence-electron chi connectivity index (χ0n) is 13.3. The van der Waals surface area contributed by atoms with Crippen molar-refractivity contribution >= 4 is 33.5 Å². The maximum absolute atomic E-state index is 12.9. The van der Waals surface area contributed by atoms with E-state index in [0.29, 0.717) is 17.2 Å². The molecule has 24 heavy (non-hydrogen) atoms. The molecule has 128 valence electrons. The molecule has 0 aromatic heterocycles. The van der Waals surface area contributed by atoms with E-state index in [1.54, 1.807) is 25.3 Å². The summed E-state index contributed by atoms with van der Waals surface area (Å²) < 4.78 is 15.9. The first-order chi connectivity index (χ1) is 11.5. The molecule has 2 bridgehead atoms. The van der Waals surface area contributed by atoms with Crippen LogP contribution in [0.15, 0.2) is 18.2 Å². The number of fused-ring (bicyclic) bond motifs is 1. The summed E-state index contributed by atoms with van der Waals surface area (Å²) in [5.41, 5.74) is 0.570. The first kappa shape index (κ1) is 15.7. The van der Waals surface area contributed by atoms with Crippen LogP contribution in [-0.4, -0.2) is 37.0 Å². The molecule has 6 unspecified atom stereocenters. The van der Waals surface area contributed by atoms with Crippen molar-refractivity contribution in [3.63, 3.8) is 0 Å². The van der Waals surface area contributed by atoms with Gasteiger partial charge in [-0.3, -0.25) is 9.59 Å². The highest BCUT2D eigenvalue weighted by atomic mass is 79.9. The van der Waals surface area contributed by atoms with Gasteiger partial charge in [0.1, 0.15) is 17.6 Å². The predicted octanol–water partition coefficient (Wildman–Crippen LogP) is 2.21. The topological polar surface area (TPSA) is 73.9 Å². The average molecular weight is 396 g/mol. The molecule has 2 aliphatic carbocycles. The zero-order valence-corrected chi connectivity index (χ0v) is 14.9. The normalized spacial score (nSPS) is 35.7. The number of carbonyl (C=O) groups is 2. The summed E-state index contributed by atoms with van der Waals surface area (Å²) in [4.78, 5) is 25.1. The minimum Gasteiger partial charge on any atom is -0.497 e. The van der Waals surface area contributed by atoms with Crippen LogP contribution in [0.1, 0.15) is 6.42 Å². The monoisotopic (exact) mass is 395 g/mol. The number of halogens is 1. The van der Waals surface area contributed by atoms with Crippen LogP contribution in [-0.2, 0) is 14.3 Å². The van der Waals surface area contributed by atoms with Crippen LogP contribution in [0.2, 0.25) is 0 Å². The Bertz CT molecular complexity index is 708. The minimum atomic E-state index is -0.363. The molecule has 3 aliphatic rings. The Morgan fingerprint density at radius 3 is 2.79 bits per heavy atom. The summed E-state index contributed by atoms with van der Waals surface area (Å²) in [6.07, 6.45) is 0.779. The first-order valence-corrected chi connectivity index (χ1v) is 8.84. The smallest absolute Gasteiger partial charge is 0.310 e. The Balaban J connectivity index is 1.58. The van der Waals surface area contributed by atoms with Crippen LogP contribution in [0.3, 0.4) is 0 Å². The first-order valence-electron chi connectivity index (χ1n) is 7.92. The summed E-state index contributed by atoms with van der Waals surface area (Å²) in [6, 6.07) is 5.21. The number of anilines is 1. The van der Waals surface area contributed by atoms with Gasteiger partial charge in [0.25, 0.3) is 0 Å². The standard InChI is InChI=1S/C17H18BrNO5/c1-22-7-3-4-10(11(5-7)23-2)19-16(20)12-8-6-9-13(12)17(21)24-15(9)14(8)18/h3-5,8-9,12-15H,6H2,1-2H3,(H,19,20). The van der Waals surface area contributed by atoms with E-state index in [4.69, 9.17) is 14.2 Å². The Morgan fingerprint density at radius 1 is 1.29 bits per heavy atom. The van der Waals surface area contributed by atoms with Crippen LogP contribution < -0.4 is 14.8 Å². The van der Waals surface area contributed by atoms with Crippen molar-refractivity contribution in [3.05, 3.63) is 18.2 Å². The largest absolute Gasteiger partial charge is 0.497 e. The third kappa shape index (κ3) is 2.13. The van der Waals surface area contributed by atoms with Crippen molar-refractivity contribution in [1.29, 1.82) is 0 Å². The van der Waals surface area contributed by atoms with E-state index in [-0.39, 0.29) is 46.5 Å². The predicted molar refractivity (Wildman–Crippen MR) is 89.3 cm³/mol. The minimum absolute atomic E-state index is 0.0544. The van der Waals surface area contributed by atoms with E-state index in [9.17, 15) is 9.59 Å². The van der Waals surface area contributed by atoms with Gasteiger partial charge in [-0.2, -0.15) is 0 Å². The molecule has 2 saturated carbocycles. The average Bonchev–Trinajstić information content (AvgIpc) is 3.19. The molecule has 1 aliphatic heterocycles. The second-order valence-corrected chi connectivity index (χ2v) is 7.57. The number of rotatable bonds is 4. The van der Waals surface area contributed by atoms with Crippen molar-refractivity contribution in [2.24, 2.45) is 23.7 Å². The van der Waals surface area contributed by atoms with Crippen LogP contribution in [0.4, 0.5) is 5.69 Å². The third-order valence-electron chi connectivity index (χ3n) is 5.49. The van der Waals surface area contributed by atoms with E-state index in [2.05, 4.69) is 21.2 Å². The number of benzene rings is 1. The van der Waals surface area contributed by atoms with Crippen molar-refractivity contribution in [2.45, 2.75) is 17.4 Å². The van der Waals surface area contributed by atoms with E-state index in [0.717, 1.165) is 6.42 Å². The Kier molecular flexibility index (Phi) is 3.71. The lowest BCUT2D eigenvalue weighted by atomic mass is 9.79. The quantitative estimate of drug-likeness (QED) is 0.624. The fraction of sp³-hybridized carbons (Fsp3) is 0.529. The summed E-state index contributed by atoms with van der Waals surface area (Å²) >= 11 is 3.62. The molecule has 0 spiro atoms. The lowest BCUT2D eigenvalue weighted by Crippen LogP contribution is -2.40. The molecule has 1 aromatic carbocycles. The van der Waals surface area contributed by atoms with Crippen LogP contribution in [0.25, 0.3) is 0 Å². The molecule has 1 aromatic rings. The number of amides is 1. The molecule has 4 rings (SSSR count). The van der Waals surface area contributed by atoms with E-state index in [1.807, 2.05) is 0 Å².